The van der Waals surface area contributed by atoms with E-state index in [1.54, 1.807) is 38.1 Å². The molecule has 256 valence electrons. The van der Waals surface area contributed by atoms with E-state index in [-0.39, 0.29) is 28.4 Å². The number of carbonyl (C=O) groups is 3. The SMILES string of the molecule is C=CC(=O)OC(C)(C)CC(C)(C)Oc1ccc(C(=O)Oc2ccc(OC(=O)c3ccc(O)cc3)cc2/C=N/Nc2nc3ccccc3s2)cc1. The van der Waals surface area contributed by atoms with Crippen molar-refractivity contribution in [3.05, 3.63) is 120 Å². The Bertz CT molecular complexity index is 2020. The second-order valence-electron chi connectivity index (χ2n) is 12.3. The number of nitrogens with zero attached hydrogens (tertiary/aromatic N) is 2. The van der Waals surface area contributed by atoms with E-state index < -0.39 is 29.1 Å². The van der Waals surface area contributed by atoms with Gasteiger partial charge in [0.25, 0.3) is 0 Å². The summed E-state index contributed by atoms with van der Waals surface area (Å²) >= 11 is 1.42. The molecule has 1 heterocycles. The first-order valence-electron chi connectivity index (χ1n) is 15.5. The molecular formula is C38H35N3O8S. The molecule has 12 heteroatoms. The number of aromatic nitrogens is 1. The second kappa shape index (κ2) is 15.0. The van der Waals surface area contributed by atoms with Gasteiger partial charge in [-0.15, -0.1) is 0 Å². The van der Waals surface area contributed by atoms with Crippen LogP contribution in [0.4, 0.5) is 5.13 Å². The predicted octanol–water partition coefficient (Wildman–Crippen LogP) is 7.94. The van der Waals surface area contributed by atoms with E-state index in [9.17, 15) is 19.5 Å². The van der Waals surface area contributed by atoms with E-state index in [4.69, 9.17) is 18.9 Å². The van der Waals surface area contributed by atoms with Gasteiger partial charge >= 0.3 is 17.9 Å². The number of phenols is 1. The minimum Gasteiger partial charge on any atom is -0.508 e. The summed E-state index contributed by atoms with van der Waals surface area (Å²) in [6.45, 7) is 10.8. The van der Waals surface area contributed by atoms with Crippen LogP contribution in [0.5, 0.6) is 23.0 Å². The van der Waals surface area contributed by atoms with Gasteiger partial charge in [-0.2, -0.15) is 5.10 Å². The monoisotopic (exact) mass is 693 g/mol. The van der Waals surface area contributed by atoms with Gasteiger partial charge in [0.15, 0.2) is 0 Å². The van der Waals surface area contributed by atoms with Gasteiger partial charge in [0.1, 0.15) is 34.2 Å². The third kappa shape index (κ3) is 9.54. The second-order valence-corrected chi connectivity index (χ2v) is 13.4. The van der Waals surface area contributed by atoms with Crippen molar-refractivity contribution in [2.75, 3.05) is 5.43 Å². The fraction of sp³-hybridized carbons (Fsp3) is 0.184. The molecular weight excluding hydrogens is 658 g/mol. The van der Waals surface area contributed by atoms with Gasteiger partial charge in [-0.05, 0) is 107 Å². The Hall–Kier alpha value is -6.01. The van der Waals surface area contributed by atoms with Gasteiger partial charge in [-0.25, -0.2) is 19.4 Å². The Kier molecular flexibility index (Phi) is 10.6. The Morgan fingerprint density at radius 1 is 0.860 bits per heavy atom. The van der Waals surface area contributed by atoms with E-state index in [1.165, 1.54) is 60.0 Å². The Labute approximate surface area is 292 Å². The van der Waals surface area contributed by atoms with Gasteiger partial charge in [-0.3, -0.25) is 5.43 Å². The van der Waals surface area contributed by atoms with Crippen LogP contribution in [0, 0.1) is 0 Å². The van der Waals surface area contributed by atoms with E-state index in [2.05, 4.69) is 22.1 Å². The van der Waals surface area contributed by atoms with Crippen molar-refractivity contribution in [3.63, 3.8) is 0 Å². The van der Waals surface area contributed by atoms with Gasteiger partial charge < -0.3 is 24.1 Å². The Morgan fingerprint density at radius 2 is 1.50 bits per heavy atom. The number of phenolic OH excluding ortho intramolecular Hbond substituents is 1. The van der Waals surface area contributed by atoms with Crippen molar-refractivity contribution in [2.45, 2.75) is 45.3 Å². The number of ether oxygens (including phenoxy) is 4. The highest BCUT2D eigenvalue weighted by atomic mass is 32.1. The largest absolute Gasteiger partial charge is 0.508 e. The third-order valence-electron chi connectivity index (χ3n) is 7.03. The Balaban J connectivity index is 1.31. The lowest BCUT2D eigenvalue weighted by molar-refractivity contribution is -0.154. The van der Waals surface area contributed by atoms with Gasteiger partial charge in [0.05, 0.1) is 27.6 Å². The smallest absolute Gasteiger partial charge is 0.343 e. The van der Waals surface area contributed by atoms with Crippen LogP contribution in [0.25, 0.3) is 10.2 Å². The molecule has 0 aliphatic rings. The summed E-state index contributed by atoms with van der Waals surface area (Å²) in [6.07, 6.45) is 2.94. The number of hydrazone groups is 1. The fourth-order valence-corrected chi connectivity index (χ4v) is 5.99. The number of benzene rings is 4. The first kappa shape index (κ1) is 35.3. The third-order valence-corrected chi connectivity index (χ3v) is 7.98. The molecule has 1 aromatic heterocycles. The summed E-state index contributed by atoms with van der Waals surface area (Å²) in [5, 5.41) is 14.4. The van der Waals surface area contributed by atoms with Crippen molar-refractivity contribution in [3.8, 4) is 23.0 Å². The quantitative estimate of drug-likeness (QED) is 0.0410. The fourth-order valence-electron chi connectivity index (χ4n) is 5.17. The minimum atomic E-state index is -0.803. The van der Waals surface area contributed by atoms with E-state index >= 15 is 0 Å². The van der Waals surface area contributed by atoms with Crippen LogP contribution in [0.1, 0.15) is 60.4 Å². The zero-order valence-corrected chi connectivity index (χ0v) is 28.7. The first-order valence-corrected chi connectivity index (χ1v) is 16.3. The van der Waals surface area contributed by atoms with Crippen LogP contribution in [-0.4, -0.2) is 45.4 Å². The number of esters is 3. The van der Waals surface area contributed by atoms with Crippen molar-refractivity contribution >= 4 is 50.8 Å². The average molecular weight is 694 g/mol. The number of carbonyl (C=O) groups excluding carboxylic acids is 3. The molecule has 0 radical (unpaired) electrons. The highest BCUT2D eigenvalue weighted by Crippen LogP contribution is 2.30. The van der Waals surface area contributed by atoms with Crippen LogP contribution < -0.4 is 19.6 Å². The molecule has 0 saturated carbocycles. The highest BCUT2D eigenvalue weighted by Gasteiger charge is 2.33. The number of thiazole rings is 1. The summed E-state index contributed by atoms with van der Waals surface area (Å²) in [6, 6.07) is 24.3. The maximum atomic E-state index is 13.3. The van der Waals surface area contributed by atoms with Gasteiger partial charge in [0.2, 0.25) is 5.13 Å². The Morgan fingerprint density at radius 3 is 2.18 bits per heavy atom. The number of nitrogens with one attached hydrogen (secondary N) is 1. The van der Waals surface area contributed by atoms with Crippen molar-refractivity contribution < 1.29 is 38.4 Å². The molecule has 0 saturated heterocycles. The number of fused-ring (bicyclic) bond motifs is 1. The lowest BCUT2D eigenvalue weighted by Crippen LogP contribution is -2.40. The molecule has 50 heavy (non-hydrogen) atoms. The first-order chi connectivity index (χ1) is 23.8. The molecule has 0 fully saturated rings. The maximum absolute atomic E-state index is 13.3. The van der Waals surface area contributed by atoms with Crippen LogP contribution >= 0.6 is 11.3 Å². The van der Waals surface area contributed by atoms with Crippen LogP contribution in [0.15, 0.2) is 109 Å². The molecule has 0 spiro atoms. The average Bonchev–Trinajstić information content (AvgIpc) is 3.48. The molecule has 2 N–H and O–H groups in total. The number of hydrogen-bond donors (Lipinski definition) is 2. The molecule has 0 aliphatic carbocycles. The predicted molar refractivity (Wildman–Crippen MR) is 191 cm³/mol. The minimum absolute atomic E-state index is 0.0191. The normalized spacial score (nSPS) is 11.6. The van der Waals surface area contributed by atoms with Crippen molar-refractivity contribution in [2.24, 2.45) is 5.10 Å². The molecule has 5 aromatic rings. The van der Waals surface area contributed by atoms with Crippen LogP contribution in [0.2, 0.25) is 0 Å². The number of aromatic hydroxyl groups is 1. The van der Waals surface area contributed by atoms with Crippen LogP contribution in [0.3, 0.4) is 0 Å². The van der Waals surface area contributed by atoms with E-state index in [0.717, 1.165) is 16.3 Å². The number of para-hydroxylation sites is 1. The summed E-state index contributed by atoms with van der Waals surface area (Å²) < 4.78 is 23.9. The number of hydrogen-bond acceptors (Lipinski definition) is 12. The highest BCUT2D eigenvalue weighted by molar-refractivity contribution is 7.22. The van der Waals surface area contributed by atoms with Crippen LogP contribution in [-0.2, 0) is 9.53 Å². The summed E-state index contributed by atoms with van der Waals surface area (Å²) in [5.74, 6) is -0.940. The molecule has 0 amide bonds. The zero-order valence-electron chi connectivity index (χ0n) is 27.8. The molecule has 0 atom stereocenters. The maximum Gasteiger partial charge on any atom is 0.343 e. The van der Waals surface area contributed by atoms with Gasteiger partial charge in [-0.1, -0.05) is 30.0 Å². The molecule has 5 rings (SSSR count). The van der Waals surface area contributed by atoms with E-state index in [1.807, 2.05) is 38.1 Å². The topological polar surface area (TPSA) is 146 Å². The summed E-state index contributed by atoms with van der Waals surface area (Å²) in [4.78, 5) is 42.2. The van der Waals surface area contributed by atoms with Crippen molar-refractivity contribution in [1.29, 1.82) is 0 Å². The molecule has 4 aromatic carbocycles. The van der Waals surface area contributed by atoms with Gasteiger partial charge in [0, 0.05) is 18.1 Å². The molecule has 0 unspecified atom stereocenters. The van der Waals surface area contributed by atoms with Crippen molar-refractivity contribution in [1.82, 2.24) is 4.98 Å². The molecule has 11 nitrogen and oxygen atoms in total. The lowest BCUT2D eigenvalue weighted by atomic mass is 9.92. The molecule has 0 bridgehead atoms. The summed E-state index contributed by atoms with van der Waals surface area (Å²) in [5.41, 5.74) is 3.04. The number of anilines is 1. The van der Waals surface area contributed by atoms with E-state index in [0.29, 0.717) is 22.9 Å². The lowest BCUT2D eigenvalue weighted by Gasteiger charge is -2.34. The standard InChI is InChI=1S/C38H35N3O8S/c1-6-33(43)49-38(4,5)23-37(2,3)48-28-17-13-25(14-18-28)35(45)47-31-20-19-29(46-34(44)24-11-15-27(42)16-12-24)21-26(31)22-39-41-36-40-30-9-7-8-10-32(30)50-36/h6-22,42H,1,23H2,2-5H3,(H,40,41)/b39-22+. The summed E-state index contributed by atoms with van der Waals surface area (Å²) in [7, 11) is 0. The number of rotatable bonds is 13. The molecule has 0 aliphatic heterocycles. The zero-order chi connectivity index (χ0) is 35.9.